The van der Waals surface area contributed by atoms with E-state index in [-0.39, 0.29) is 0 Å². The summed E-state index contributed by atoms with van der Waals surface area (Å²) in [4.78, 5) is 4.27. The molecule has 2 rings (SSSR count). The van der Waals surface area contributed by atoms with E-state index in [9.17, 15) is 0 Å². The van der Waals surface area contributed by atoms with Gasteiger partial charge in [0.1, 0.15) is 6.07 Å². The van der Waals surface area contributed by atoms with Crippen LogP contribution in [0.15, 0.2) is 18.5 Å². The van der Waals surface area contributed by atoms with Gasteiger partial charge in [-0.2, -0.15) is 10.4 Å². The summed E-state index contributed by atoms with van der Waals surface area (Å²) in [6.07, 6.45) is 3.57. The topological polar surface area (TPSA) is 77.4 Å². The van der Waals surface area contributed by atoms with Crippen molar-refractivity contribution in [1.29, 1.82) is 5.26 Å². The highest BCUT2D eigenvalue weighted by Gasteiger charge is 2.07. The van der Waals surface area contributed by atoms with Crippen molar-refractivity contribution in [2.24, 2.45) is 0 Å². The van der Waals surface area contributed by atoms with Gasteiger partial charge in [0.2, 0.25) is 0 Å². The number of pyridine rings is 1. The maximum absolute atomic E-state index is 9.10. The van der Waals surface area contributed by atoms with E-state index in [2.05, 4.69) is 26.6 Å². The third-order valence-corrected chi connectivity index (χ3v) is 2.48. The summed E-state index contributed by atoms with van der Waals surface area (Å²) < 4.78 is 0. The standard InChI is InChI=1S/C12H13N5/c1-8-3-12(11(4-13)9(2)17-8)14-5-10-6-15-16-7-10/h3,6-7H,5H2,1-2H3,(H,14,17)(H,15,16). The molecule has 0 unspecified atom stereocenters. The number of nitrogens with one attached hydrogen (secondary N) is 2. The molecule has 0 aliphatic heterocycles. The zero-order chi connectivity index (χ0) is 12.3. The van der Waals surface area contributed by atoms with Crippen molar-refractivity contribution in [3.05, 3.63) is 41.0 Å². The number of anilines is 1. The third-order valence-electron chi connectivity index (χ3n) is 2.48. The molecule has 0 saturated heterocycles. The van der Waals surface area contributed by atoms with E-state index in [1.807, 2.05) is 26.1 Å². The van der Waals surface area contributed by atoms with Gasteiger partial charge in [0.25, 0.3) is 0 Å². The van der Waals surface area contributed by atoms with Gasteiger partial charge in [-0.25, -0.2) is 0 Å². The van der Waals surface area contributed by atoms with E-state index in [0.29, 0.717) is 12.1 Å². The molecule has 0 fully saturated rings. The highest BCUT2D eigenvalue weighted by Crippen LogP contribution is 2.19. The molecule has 2 N–H and O–H groups in total. The maximum Gasteiger partial charge on any atom is 0.103 e. The normalized spacial score (nSPS) is 9.94. The summed E-state index contributed by atoms with van der Waals surface area (Å²) in [5, 5.41) is 18.9. The Morgan fingerprint density at radius 1 is 1.47 bits per heavy atom. The molecule has 17 heavy (non-hydrogen) atoms. The Labute approximate surface area is 99.5 Å². The van der Waals surface area contributed by atoms with Gasteiger partial charge in [-0.05, 0) is 19.9 Å². The number of hydrogen-bond acceptors (Lipinski definition) is 4. The van der Waals surface area contributed by atoms with Crippen LogP contribution in [0.25, 0.3) is 0 Å². The fourth-order valence-corrected chi connectivity index (χ4v) is 1.68. The zero-order valence-corrected chi connectivity index (χ0v) is 9.78. The number of rotatable bonds is 3. The summed E-state index contributed by atoms with van der Waals surface area (Å²) in [5.74, 6) is 0. The minimum atomic E-state index is 0.596. The van der Waals surface area contributed by atoms with Crippen LogP contribution in [0, 0.1) is 25.2 Å². The molecule has 86 valence electrons. The van der Waals surface area contributed by atoms with Crippen molar-refractivity contribution in [3.63, 3.8) is 0 Å². The second-order valence-electron chi connectivity index (χ2n) is 3.84. The highest BCUT2D eigenvalue weighted by molar-refractivity contribution is 5.59. The lowest BCUT2D eigenvalue weighted by molar-refractivity contribution is 1.08. The van der Waals surface area contributed by atoms with Crippen molar-refractivity contribution in [2.75, 3.05) is 5.32 Å². The van der Waals surface area contributed by atoms with E-state index >= 15 is 0 Å². The second-order valence-corrected chi connectivity index (χ2v) is 3.84. The maximum atomic E-state index is 9.10. The number of hydrogen-bond donors (Lipinski definition) is 2. The van der Waals surface area contributed by atoms with Gasteiger partial charge in [-0.15, -0.1) is 0 Å². The molecule has 0 radical (unpaired) electrons. The first kappa shape index (κ1) is 11.1. The molecule has 0 amide bonds. The van der Waals surface area contributed by atoms with Gasteiger partial charge in [0.15, 0.2) is 0 Å². The molecule has 0 atom stereocenters. The number of aromatic amines is 1. The lowest BCUT2D eigenvalue weighted by Crippen LogP contribution is -2.03. The van der Waals surface area contributed by atoms with Crippen LogP contribution in [-0.4, -0.2) is 15.2 Å². The van der Waals surface area contributed by atoms with E-state index in [1.54, 1.807) is 6.20 Å². The first-order chi connectivity index (χ1) is 8.20. The van der Waals surface area contributed by atoms with Crippen LogP contribution >= 0.6 is 0 Å². The molecule has 2 aromatic heterocycles. The monoisotopic (exact) mass is 227 g/mol. The summed E-state index contributed by atoms with van der Waals surface area (Å²) in [5.41, 5.74) is 4.11. The average Bonchev–Trinajstić information content (AvgIpc) is 2.78. The van der Waals surface area contributed by atoms with Crippen molar-refractivity contribution in [3.8, 4) is 6.07 Å². The van der Waals surface area contributed by atoms with Crippen LogP contribution in [0.2, 0.25) is 0 Å². The summed E-state index contributed by atoms with van der Waals surface area (Å²) in [6.45, 7) is 4.39. The molecule has 0 bridgehead atoms. The molecule has 5 heteroatoms. The quantitative estimate of drug-likeness (QED) is 0.839. The van der Waals surface area contributed by atoms with Crippen LogP contribution < -0.4 is 5.32 Å². The average molecular weight is 227 g/mol. The van der Waals surface area contributed by atoms with E-state index in [0.717, 1.165) is 22.6 Å². The highest BCUT2D eigenvalue weighted by atomic mass is 15.1. The lowest BCUT2D eigenvalue weighted by Gasteiger charge is -2.09. The fourth-order valence-electron chi connectivity index (χ4n) is 1.68. The lowest BCUT2D eigenvalue weighted by atomic mass is 10.1. The van der Waals surface area contributed by atoms with Crippen molar-refractivity contribution >= 4 is 5.69 Å². The largest absolute Gasteiger partial charge is 0.380 e. The molecular weight excluding hydrogens is 214 g/mol. The summed E-state index contributed by atoms with van der Waals surface area (Å²) >= 11 is 0. The first-order valence-corrected chi connectivity index (χ1v) is 5.30. The van der Waals surface area contributed by atoms with Crippen LogP contribution in [0.3, 0.4) is 0 Å². The molecule has 0 spiro atoms. The molecule has 2 heterocycles. The zero-order valence-electron chi connectivity index (χ0n) is 9.78. The Morgan fingerprint density at radius 3 is 2.94 bits per heavy atom. The molecule has 0 saturated carbocycles. The summed E-state index contributed by atoms with van der Waals surface area (Å²) in [7, 11) is 0. The predicted octanol–water partition coefficient (Wildman–Crippen LogP) is 1.91. The van der Waals surface area contributed by atoms with Crippen LogP contribution in [0.5, 0.6) is 0 Å². The molecule has 2 aromatic rings. The Balaban J connectivity index is 2.23. The van der Waals surface area contributed by atoms with Gasteiger partial charge in [0, 0.05) is 24.0 Å². The SMILES string of the molecule is Cc1cc(NCc2cn[nH]c2)c(C#N)c(C)n1. The van der Waals surface area contributed by atoms with Crippen LogP contribution in [0.1, 0.15) is 22.5 Å². The van der Waals surface area contributed by atoms with E-state index in [4.69, 9.17) is 5.26 Å². The van der Waals surface area contributed by atoms with E-state index < -0.39 is 0 Å². The molecule has 0 aliphatic carbocycles. The third kappa shape index (κ3) is 2.42. The van der Waals surface area contributed by atoms with E-state index in [1.165, 1.54) is 0 Å². The minimum Gasteiger partial charge on any atom is -0.380 e. The van der Waals surface area contributed by atoms with Crippen molar-refractivity contribution in [2.45, 2.75) is 20.4 Å². The predicted molar refractivity (Wildman–Crippen MR) is 64.3 cm³/mol. The van der Waals surface area contributed by atoms with Crippen LogP contribution in [-0.2, 0) is 6.54 Å². The Bertz CT molecular complexity index is 551. The van der Waals surface area contributed by atoms with Crippen molar-refractivity contribution < 1.29 is 0 Å². The Morgan fingerprint density at radius 2 is 2.29 bits per heavy atom. The Kier molecular flexibility index (Phi) is 3.06. The van der Waals surface area contributed by atoms with Crippen molar-refractivity contribution in [1.82, 2.24) is 15.2 Å². The number of nitriles is 1. The van der Waals surface area contributed by atoms with Gasteiger partial charge < -0.3 is 5.32 Å². The van der Waals surface area contributed by atoms with Gasteiger partial charge in [0.05, 0.1) is 23.1 Å². The number of H-pyrrole nitrogens is 1. The molecule has 5 nitrogen and oxygen atoms in total. The Hall–Kier alpha value is -2.35. The first-order valence-electron chi connectivity index (χ1n) is 5.30. The number of aromatic nitrogens is 3. The number of aryl methyl sites for hydroxylation is 2. The van der Waals surface area contributed by atoms with Gasteiger partial charge in [-0.3, -0.25) is 10.1 Å². The molecule has 0 aromatic carbocycles. The smallest absolute Gasteiger partial charge is 0.103 e. The number of nitrogens with zero attached hydrogens (tertiary/aromatic N) is 3. The minimum absolute atomic E-state index is 0.596. The van der Waals surface area contributed by atoms with Gasteiger partial charge in [-0.1, -0.05) is 0 Å². The van der Waals surface area contributed by atoms with Crippen LogP contribution in [0.4, 0.5) is 5.69 Å². The molecule has 0 aliphatic rings. The summed E-state index contributed by atoms with van der Waals surface area (Å²) in [6, 6.07) is 4.05. The fraction of sp³-hybridized carbons (Fsp3) is 0.250. The second kappa shape index (κ2) is 4.66. The van der Waals surface area contributed by atoms with Gasteiger partial charge >= 0.3 is 0 Å². The molecular formula is C12H13N5.